The molecule has 0 saturated carbocycles. The number of benzene rings is 1. The van der Waals surface area contributed by atoms with E-state index in [9.17, 15) is 43.7 Å². The molecule has 47 heavy (non-hydrogen) atoms. The maximum Gasteiger partial charge on any atom is 0.383 e. The number of nitro groups is 1. The smallest absolute Gasteiger partial charge is 0.383 e. The molecule has 1 N–H and O–H groups in total. The van der Waals surface area contributed by atoms with Crippen molar-refractivity contribution in [3.63, 3.8) is 0 Å². The molecule has 0 aromatic heterocycles. The zero-order valence-corrected chi connectivity index (χ0v) is 26.4. The molecule has 0 spiro atoms. The molecule has 7 atom stereocenters. The van der Waals surface area contributed by atoms with Gasteiger partial charge in [0.05, 0.1) is 18.1 Å². The van der Waals surface area contributed by atoms with Gasteiger partial charge >= 0.3 is 41.6 Å². The predicted molar refractivity (Wildman–Crippen MR) is 150 cm³/mol. The third-order valence-corrected chi connectivity index (χ3v) is 6.20. The number of amides is 1. The van der Waals surface area contributed by atoms with Crippen molar-refractivity contribution < 1.29 is 76.4 Å². The molecule has 1 aromatic rings. The summed E-state index contributed by atoms with van der Waals surface area (Å²) in [6, 6.07) is 2.43. The summed E-state index contributed by atoms with van der Waals surface area (Å²) in [5, 5.41) is 13.7. The van der Waals surface area contributed by atoms with E-state index in [2.05, 4.69) is 5.32 Å². The summed E-state index contributed by atoms with van der Waals surface area (Å²) in [5.74, 6) is -10.4. The van der Waals surface area contributed by atoms with E-state index in [0.717, 1.165) is 72.9 Å². The normalized spacial score (nSPS) is 23.0. The number of rotatable bonds is 13. The average molecular weight is 671 g/mol. The topological polar surface area (TPSA) is 248 Å². The van der Waals surface area contributed by atoms with Gasteiger partial charge in [0.25, 0.3) is 5.69 Å². The van der Waals surface area contributed by atoms with E-state index in [1.165, 1.54) is 0 Å². The average Bonchev–Trinajstić information content (AvgIpc) is 2.95. The van der Waals surface area contributed by atoms with Gasteiger partial charge in [-0.25, -0.2) is 4.79 Å². The van der Waals surface area contributed by atoms with Crippen LogP contribution in [0.4, 0.5) is 5.69 Å². The van der Waals surface area contributed by atoms with E-state index < -0.39 is 95.6 Å². The Morgan fingerprint density at radius 1 is 0.872 bits per heavy atom. The lowest BCUT2D eigenvalue weighted by atomic mass is 9.85. The van der Waals surface area contributed by atoms with Gasteiger partial charge in [-0.05, 0) is 12.1 Å². The second-order valence-corrected chi connectivity index (χ2v) is 9.95. The molecule has 258 valence electrons. The Kier molecular flexibility index (Phi) is 13.1. The fourth-order valence-electron chi connectivity index (χ4n) is 4.65. The first-order chi connectivity index (χ1) is 21.9. The van der Waals surface area contributed by atoms with Crippen LogP contribution in [0.1, 0.15) is 41.5 Å². The van der Waals surface area contributed by atoms with Crippen LogP contribution in [0.5, 0.6) is 5.75 Å². The van der Waals surface area contributed by atoms with Gasteiger partial charge in [-0.1, -0.05) is 0 Å². The zero-order valence-electron chi connectivity index (χ0n) is 26.4. The zero-order chi connectivity index (χ0) is 35.6. The van der Waals surface area contributed by atoms with Crippen LogP contribution in [-0.2, 0) is 66.7 Å². The number of carbonyl (C=O) groups is 7. The van der Waals surface area contributed by atoms with Crippen molar-refractivity contribution in [1.29, 1.82) is 0 Å². The van der Waals surface area contributed by atoms with Crippen molar-refractivity contribution in [2.75, 3.05) is 13.7 Å². The summed E-state index contributed by atoms with van der Waals surface area (Å²) in [6.07, 6.45) is -9.50. The molecular formula is C28H34N2O17. The van der Waals surface area contributed by atoms with Gasteiger partial charge < -0.3 is 43.2 Å². The van der Waals surface area contributed by atoms with E-state index in [1.807, 2.05) is 0 Å². The first-order valence-corrected chi connectivity index (χ1v) is 13.7. The van der Waals surface area contributed by atoms with E-state index in [0.29, 0.717) is 0 Å². The van der Waals surface area contributed by atoms with Crippen LogP contribution >= 0.6 is 0 Å². The van der Waals surface area contributed by atoms with Crippen molar-refractivity contribution in [2.24, 2.45) is 0 Å². The second-order valence-electron chi connectivity index (χ2n) is 9.95. The summed E-state index contributed by atoms with van der Waals surface area (Å²) in [5.41, 5.74) is -0.378. The molecular weight excluding hydrogens is 636 g/mol. The highest BCUT2D eigenvalue weighted by molar-refractivity contribution is 5.81. The van der Waals surface area contributed by atoms with Crippen LogP contribution in [0.15, 0.2) is 24.3 Å². The number of esters is 6. The van der Waals surface area contributed by atoms with E-state index in [-0.39, 0.29) is 11.4 Å². The van der Waals surface area contributed by atoms with Crippen molar-refractivity contribution in [2.45, 2.75) is 83.9 Å². The van der Waals surface area contributed by atoms with Crippen LogP contribution in [0, 0.1) is 10.1 Å². The van der Waals surface area contributed by atoms with Gasteiger partial charge in [0.15, 0.2) is 18.3 Å². The maximum atomic E-state index is 13.7. The largest absolute Gasteiger partial charge is 0.464 e. The Balaban J connectivity index is 2.99. The predicted octanol–water partition coefficient (Wildman–Crippen LogP) is 0.0363. The van der Waals surface area contributed by atoms with Gasteiger partial charge in [0.1, 0.15) is 18.5 Å². The molecule has 2 rings (SSSR count). The minimum atomic E-state index is -2.99. The van der Waals surface area contributed by atoms with E-state index in [1.54, 1.807) is 0 Å². The lowest BCUT2D eigenvalue weighted by Gasteiger charge is -2.51. The number of nitrogens with one attached hydrogen (secondary N) is 1. The highest BCUT2D eigenvalue weighted by Gasteiger charge is 2.68. The molecule has 1 aliphatic rings. The van der Waals surface area contributed by atoms with Crippen LogP contribution in [0.3, 0.4) is 0 Å². The Morgan fingerprint density at radius 2 is 1.45 bits per heavy atom. The highest BCUT2D eigenvalue weighted by atomic mass is 16.8. The minimum absolute atomic E-state index is 0.308. The van der Waals surface area contributed by atoms with Crippen LogP contribution in [0.25, 0.3) is 0 Å². The Bertz CT molecular complexity index is 1360. The molecule has 19 heteroatoms. The third kappa shape index (κ3) is 10.1. The second kappa shape index (κ2) is 16.3. The molecule has 0 aliphatic carbocycles. The van der Waals surface area contributed by atoms with Crippen molar-refractivity contribution >= 4 is 47.4 Å². The van der Waals surface area contributed by atoms with Gasteiger partial charge in [-0.3, -0.25) is 38.9 Å². The van der Waals surface area contributed by atoms with Crippen molar-refractivity contribution in [3.8, 4) is 5.75 Å². The van der Waals surface area contributed by atoms with Crippen molar-refractivity contribution in [1.82, 2.24) is 5.32 Å². The highest BCUT2D eigenvalue weighted by Crippen LogP contribution is 2.40. The third-order valence-electron chi connectivity index (χ3n) is 6.20. The number of ether oxygens (including phenoxy) is 8. The Hall–Kier alpha value is -5.33. The molecule has 1 aromatic carbocycles. The Labute approximate surface area is 267 Å². The summed E-state index contributed by atoms with van der Waals surface area (Å²) in [6.45, 7) is 5.13. The number of methoxy groups -OCH3 is 1. The molecule has 1 heterocycles. The molecule has 1 amide bonds. The first-order valence-electron chi connectivity index (χ1n) is 13.7. The fraction of sp³-hybridized carbons (Fsp3) is 0.536. The number of hydrogen-bond acceptors (Lipinski definition) is 17. The van der Waals surface area contributed by atoms with Crippen LogP contribution < -0.4 is 10.1 Å². The van der Waals surface area contributed by atoms with Gasteiger partial charge in [0.2, 0.25) is 12.0 Å². The number of nitrogens with zero attached hydrogens (tertiary/aromatic N) is 1. The monoisotopic (exact) mass is 670 g/mol. The lowest BCUT2D eigenvalue weighted by Crippen LogP contribution is -2.76. The van der Waals surface area contributed by atoms with Crippen LogP contribution in [0.2, 0.25) is 0 Å². The SMILES string of the molecule is COC(=O)[C@@]1(Oc2ccc([N+](=O)[O-])cc2)OC([C@H](OC(C)=O)[C@@H](COC(C)=O)OC(C)=O)[C@@H](NC(C)=O)[C@H](OC(C)=O)[C@H]1OC(C)=O. The molecule has 19 nitrogen and oxygen atoms in total. The molecule has 0 radical (unpaired) electrons. The Morgan fingerprint density at radius 3 is 1.89 bits per heavy atom. The molecule has 1 fully saturated rings. The first kappa shape index (κ1) is 37.9. The summed E-state index contributed by atoms with van der Waals surface area (Å²) in [7, 11) is 0.888. The quantitative estimate of drug-likeness (QED) is 0.126. The molecule has 1 saturated heterocycles. The summed E-state index contributed by atoms with van der Waals surface area (Å²) in [4.78, 5) is 97.8. The molecule has 1 aliphatic heterocycles. The standard InChI is InChI=1S/C28H34N2O17/c1-13(31)29-22-24(23(43-16(4)34)21(42-15(3)33)12-41-14(2)32)47-28(27(37)40-7,26(45-18(6)36)25(22)44-17(5)35)46-20-10-8-19(9-11-20)30(38)39/h8-11,21-26H,12H2,1-7H3,(H,29,31)/t21-,22-,23-,24?,25+,26-,28+/m1/s1. The van der Waals surface area contributed by atoms with Crippen molar-refractivity contribution in [3.05, 3.63) is 34.4 Å². The minimum Gasteiger partial charge on any atom is -0.464 e. The van der Waals surface area contributed by atoms with Gasteiger partial charge in [-0.2, -0.15) is 0 Å². The maximum absolute atomic E-state index is 13.7. The fourth-order valence-corrected chi connectivity index (χ4v) is 4.65. The summed E-state index contributed by atoms with van der Waals surface area (Å²) >= 11 is 0. The van der Waals surface area contributed by atoms with Crippen LogP contribution in [-0.4, -0.2) is 103 Å². The van der Waals surface area contributed by atoms with E-state index >= 15 is 0 Å². The summed E-state index contributed by atoms with van der Waals surface area (Å²) < 4.78 is 43.7. The number of hydrogen-bond donors (Lipinski definition) is 1. The van der Waals surface area contributed by atoms with Gasteiger partial charge in [0, 0.05) is 53.7 Å². The number of nitro benzene ring substituents is 1. The number of non-ortho nitro benzene ring substituents is 1. The number of carbonyl (C=O) groups excluding carboxylic acids is 7. The van der Waals surface area contributed by atoms with Gasteiger partial charge in [-0.15, -0.1) is 0 Å². The molecule has 0 bridgehead atoms. The lowest BCUT2D eigenvalue weighted by molar-refractivity contribution is -0.384. The molecule has 1 unspecified atom stereocenters. The van der Waals surface area contributed by atoms with E-state index in [4.69, 9.17) is 37.9 Å².